The smallest absolute Gasteiger partial charge is 0.253 e. The number of aliphatic hydroxyl groups excluding tert-OH is 1. The van der Waals surface area contributed by atoms with E-state index in [0.717, 1.165) is 91.2 Å². The largest absolute Gasteiger partial charge is 0.393 e. The Balaban J connectivity index is 1.24. The topological polar surface area (TPSA) is 83.3 Å². The molecule has 2 saturated carbocycles. The Hall–Kier alpha value is -2.93. The van der Waals surface area contributed by atoms with E-state index < -0.39 is 0 Å². The van der Waals surface area contributed by atoms with Crippen LogP contribution in [0.15, 0.2) is 30.6 Å². The first-order chi connectivity index (χ1) is 18.4. The Morgan fingerprint density at radius 2 is 1.76 bits per heavy atom. The second kappa shape index (κ2) is 10.3. The van der Waals surface area contributed by atoms with Crippen molar-refractivity contribution in [2.45, 2.75) is 96.2 Å². The average molecular weight is 516 g/mol. The van der Waals surface area contributed by atoms with Gasteiger partial charge in [0.2, 0.25) is 5.95 Å². The van der Waals surface area contributed by atoms with Crippen LogP contribution in [0.4, 0.5) is 5.95 Å². The van der Waals surface area contributed by atoms with Crippen LogP contribution in [0.1, 0.15) is 97.3 Å². The van der Waals surface area contributed by atoms with E-state index in [2.05, 4.69) is 42.9 Å². The minimum atomic E-state index is -0.181. The highest BCUT2D eigenvalue weighted by molar-refractivity contribution is 5.94. The third-order valence-corrected chi connectivity index (χ3v) is 9.11. The average Bonchev–Trinajstić information content (AvgIpc) is 3.57. The van der Waals surface area contributed by atoms with Crippen molar-refractivity contribution >= 4 is 22.9 Å². The number of carbonyl (C=O) groups excluding carboxylic acids is 1. The van der Waals surface area contributed by atoms with Crippen LogP contribution in [-0.2, 0) is 0 Å². The maximum Gasteiger partial charge on any atom is 0.253 e. The van der Waals surface area contributed by atoms with E-state index in [1.807, 2.05) is 23.2 Å². The van der Waals surface area contributed by atoms with Gasteiger partial charge in [-0.1, -0.05) is 30.5 Å². The molecule has 1 aliphatic heterocycles. The summed E-state index contributed by atoms with van der Waals surface area (Å²) in [5.74, 6) is 1.98. The molecule has 1 amide bonds. The lowest BCUT2D eigenvalue weighted by Crippen LogP contribution is -2.38. The molecule has 0 radical (unpaired) electrons. The predicted octanol–water partition coefficient (Wildman–Crippen LogP) is 5.75. The first-order valence-corrected chi connectivity index (χ1v) is 14.6. The first kappa shape index (κ1) is 25.4. The molecule has 0 unspecified atom stereocenters. The second-order valence-corrected chi connectivity index (χ2v) is 12.0. The Morgan fingerprint density at radius 1 is 1.05 bits per heavy atom. The van der Waals surface area contributed by atoms with Crippen LogP contribution in [0.2, 0.25) is 0 Å². The molecule has 202 valence electrons. The number of hydrogen-bond donors (Lipinski definition) is 2. The fraction of sp³-hybridized carbons (Fsp3) is 0.581. The van der Waals surface area contributed by atoms with Gasteiger partial charge in [0.05, 0.1) is 6.10 Å². The van der Waals surface area contributed by atoms with Crippen LogP contribution in [0.25, 0.3) is 11.0 Å². The van der Waals surface area contributed by atoms with E-state index in [0.29, 0.717) is 18.0 Å². The van der Waals surface area contributed by atoms with Crippen molar-refractivity contribution in [3.05, 3.63) is 52.8 Å². The van der Waals surface area contributed by atoms with Crippen molar-refractivity contribution in [2.24, 2.45) is 5.92 Å². The van der Waals surface area contributed by atoms with Gasteiger partial charge >= 0.3 is 0 Å². The highest BCUT2D eigenvalue weighted by atomic mass is 16.3. The number of piperidine rings is 1. The van der Waals surface area contributed by atoms with Gasteiger partial charge in [-0.25, -0.2) is 4.98 Å². The standard InChI is InChI=1S/C31H41N5O2/c1-4-21-16-28(21)33-31-32-17-26-27(18-36(29(26)34-31)24-5-7-25(37)8-6-24)22-9-11-35(12-10-22)30(38)23-14-19(2)13-20(3)15-23/h13-15,17-18,21-22,24-25,28,37H,4-12,16H2,1-3H3,(H,32,33,34)/t21-,24?,25?,28-/m1/s1. The maximum atomic E-state index is 13.2. The molecule has 3 aliphatic rings. The molecule has 2 atom stereocenters. The van der Waals surface area contributed by atoms with E-state index in [4.69, 9.17) is 9.97 Å². The van der Waals surface area contributed by atoms with Crippen LogP contribution in [0, 0.1) is 19.8 Å². The van der Waals surface area contributed by atoms with Gasteiger partial charge in [-0.15, -0.1) is 0 Å². The quantitative estimate of drug-likeness (QED) is 0.436. The Morgan fingerprint density at radius 3 is 2.42 bits per heavy atom. The molecule has 38 heavy (non-hydrogen) atoms. The summed E-state index contributed by atoms with van der Waals surface area (Å²) in [7, 11) is 0. The van der Waals surface area contributed by atoms with Gasteiger partial charge in [-0.2, -0.15) is 4.98 Å². The number of rotatable bonds is 6. The van der Waals surface area contributed by atoms with Crippen molar-refractivity contribution in [2.75, 3.05) is 18.4 Å². The van der Waals surface area contributed by atoms with E-state index in [9.17, 15) is 9.90 Å². The van der Waals surface area contributed by atoms with Crippen LogP contribution in [0.3, 0.4) is 0 Å². The Kier molecular flexibility index (Phi) is 6.89. The van der Waals surface area contributed by atoms with Gasteiger partial charge in [-0.3, -0.25) is 4.79 Å². The van der Waals surface area contributed by atoms with Crippen LogP contribution < -0.4 is 5.32 Å². The summed E-state index contributed by atoms with van der Waals surface area (Å²) < 4.78 is 2.38. The molecule has 2 N–H and O–H groups in total. The number of carbonyl (C=O) groups is 1. The van der Waals surface area contributed by atoms with Crippen LogP contribution in [0.5, 0.6) is 0 Å². The fourth-order valence-electron chi connectivity index (χ4n) is 6.78. The van der Waals surface area contributed by atoms with Crippen molar-refractivity contribution in [1.82, 2.24) is 19.4 Å². The van der Waals surface area contributed by atoms with E-state index in [1.165, 1.54) is 18.4 Å². The van der Waals surface area contributed by atoms with Crippen molar-refractivity contribution in [3.8, 4) is 0 Å². The lowest BCUT2D eigenvalue weighted by Gasteiger charge is -2.32. The zero-order valence-electron chi connectivity index (χ0n) is 23.0. The molecule has 2 aliphatic carbocycles. The number of fused-ring (bicyclic) bond motifs is 1. The molecule has 7 heteroatoms. The van der Waals surface area contributed by atoms with E-state index in [1.54, 1.807) is 0 Å². The minimum Gasteiger partial charge on any atom is -0.393 e. The number of hydrogen-bond acceptors (Lipinski definition) is 5. The molecule has 1 aromatic carbocycles. The number of anilines is 1. The summed E-state index contributed by atoms with van der Waals surface area (Å²) in [4.78, 5) is 25.1. The van der Waals surface area contributed by atoms with Crippen LogP contribution >= 0.6 is 0 Å². The predicted molar refractivity (Wildman–Crippen MR) is 151 cm³/mol. The van der Waals surface area contributed by atoms with Gasteiger partial charge in [0.15, 0.2) is 0 Å². The molecular formula is C31H41N5O2. The molecule has 3 heterocycles. The van der Waals surface area contributed by atoms with Gasteiger partial charge in [0.1, 0.15) is 5.65 Å². The maximum absolute atomic E-state index is 13.2. The SMILES string of the molecule is CC[C@@H]1C[C@H]1Nc1ncc2c(C3CCN(C(=O)c4cc(C)cc(C)c4)CC3)cn(C3CCC(O)CC3)c2n1. The van der Waals surface area contributed by atoms with Gasteiger partial charge in [0, 0.05) is 48.5 Å². The van der Waals surface area contributed by atoms with Gasteiger partial charge in [-0.05, 0) is 88.3 Å². The zero-order chi connectivity index (χ0) is 26.4. The molecular weight excluding hydrogens is 474 g/mol. The zero-order valence-corrected chi connectivity index (χ0v) is 23.0. The molecule has 3 fully saturated rings. The molecule has 7 nitrogen and oxygen atoms in total. The number of aryl methyl sites for hydroxylation is 2. The summed E-state index contributed by atoms with van der Waals surface area (Å²) in [6.07, 6.45) is 12.1. The molecule has 2 aromatic heterocycles. The van der Waals surface area contributed by atoms with Gasteiger partial charge in [0.25, 0.3) is 5.91 Å². The minimum absolute atomic E-state index is 0.142. The molecule has 1 saturated heterocycles. The summed E-state index contributed by atoms with van der Waals surface area (Å²) in [5, 5.41) is 14.8. The number of aromatic nitrogens is 3. The van der Waals surface area contributed by atoms with E-state index >= 15 is 0 Å². The fourth-order valence-corrected chi connectivity index (χ4v) is 6.78. The number of nitrogens with one attached hydrogen (secondary N) is 1. The Bertz CT molecular complexity index is 1300. The number of likely N-dealkylation sites (tertiary alicyclic amines) is 1. The highest BCUT2D eigenvalue weighted by Crippen LogP contribution is 2.39. The second-order valence-electron chi connectivity index (χ2n) is 12.0. The van der Waals surface area contributed by atoms with Crippen LogP contribution in [-0.4, -0.2) is 55.7 Å². The normalized spacial score (nSPS) is 26.1. The lowest BCUT2D eigenvalue weighted by atomic mass is 9.89. The van der Waals surface area contributed by atoms with Gasteiger partial charge < -0.3 is 19.9 Å². The molecule has 3 aromatic rings. The monoisotopic (exact) mass is 515 g/mol. The lowest BCUT2D eigenvalue weighted by molar-refractivity contribution is 0.0713. The molecule has 6 rings (SSSR count). The molecule has 0 spiro atoms. The Labute approximate surface area is 225 Å². The third-order valence-electron chi connectivity index (χ3n) is 9.11. The summed E-state index contributed by atoms with van der Waals surface area (Å²) in [5.41, 5.74) is 5.39. The van der Waals surface area contributed by atoms with Crippen molar-refractivity contribution < 1.29 is 9.90 Å². The number of amides is 1. The highest BCUT2D eigenvalue weighted by Gasteiger charge is 2.36. The number of nitrogens with zero attached hydrogens (tertiary/aromatic N) is 4. The number of benzene rings is 1. The summed E-state index contributed by atoms with van der Waals surface area (Å²) in [6, 6.07) is 6.96. The van der Waals surface area contributed by atoms with Crippen molar-refractivity contribution in [1.29, 1.82) is 0 Å². The summed E-state index contributed by atoms with van der Waals surface area (Å²) in [6.45, 7) is 7.87. The van der Waals surface area contributed by atoms with Crippen molar-refractivity contribution in [3.63, 3.8) is 0 Å². The number of aliphatic hydroxyl groups is 1. The third kappa shape index (κ3) is 5.05. The summed E-state index contributed by atoms with van der Waals surface area (Å²) >= 11 is 0. The van der Waals surface area contributed by atoms with E-state index in [-0.39, 0.29) is 12.0 Å². The molecule has 0 bridgehead atoms. The first-order valence-electron chi connectivity index (χ1n) is 14.6.